The van der Waals surface area contributed by atoms with E-state index in [9.17, 15) is 15.0 Å². The number of aliphatic hydroxyl groups is 2. The maximum Gasteiger partial charge on any atom is 0.253 e. The molecule has 25 heavy (non-hydrogen) atoms. The number of fused-ring (bicyclic) bond motifs is 1. The number of carbonyl (C=O) groups is 1. The third kappa shape index (κ3) is 2.92. The molecule has 1 aliphatic heterocycles. The number of nitrogens with one attached hydrogen (secondary N) is 1. The molecule has 1 aliphatic rings. The highest BCUT2D eigenvalue weighted by atomic mass is 16.3. The number of likely N-dealkylation sites (tertiary alicyclic amines) is 1. The summed E-state index contributed by atoms with van der Waals surface area (Å²) in [6.45, 7) is 0.294. The minimum Gasteiger partial charge on any atom is -0.393 e. The average Bonchev–Trinajstić information content (AvgIpc) is 3.27. The van der Waals surface area contributed by atoms with E-state index in [0.717, 1.165) is 22.0 Å². The number of rotatable bonds is 3. The van der Waals surface area contributed by atoms with Crippen molar-refractivity contribution in [1.82, 2.24) is 9.88 Å². The average molecular weight is 336 g/mol. The van der Waals surface area contributed by atoms with Crippen molar-refractivity contribution >= 4 is 16.8 Å². The van der Waals surface area contributed by atoms with E-state index in [4.69, 9.17) is 0 Å². The number of hydrogen-bond acceptors (Lipinski definition) is 3. The summed E-state index contributed by atoms with van der Waals surface area (Å²) in [7, 11) is 0. The van der Waals surface area contributed by atoms with E-state index in [-0.39, 0.29) is 19.1 Å². The van der Waals surface area contributed by atoms with Crippen molar-refractivity contribution in [3.63, 3.8) is 0 Å². The summed E-state index contributed by atoms with van der Waals surface area (Å²) in [5.41, 5.74) is 2.48. The predicted molar refractivity (Wildman–Crippen MR) is 96.3 cm³/mol. The number of amides is 1. The summed E-state index contributed by atoms with van der Waals surface area (Å²) in [6, 6.07) is 15.7. The summed E-state index contributed by atoms with van der Waals surface area (Å²) in [5, 5.41) is 20.5. The molecule has 0 spiro atoms. The number of aliphatic hydroxyl groups excluding tert-OH is 1. The molecule has 0 saturated carbocycles. The van der Waals surface area contributed by atoms with Crippen LogP contribution in [0.5, 0.6) is 0 Å². The molecule has 2 heterocycles. The molecule has 2 aromatic carbocycles. The van der Waals surface area contributed by atoms with Gasteiger partial charge in [-0.15, -0.1) is 0 Å². The normalized spacial score (nSPS) is 20.3. The Balaban J connectivity index is 1.62. The minimum absolute atomic E-state index is 0.118. The second-order valence-corrected chi connectivity index (χ2v) is 6.72. The van der Waals surface area contributed by atoms with Gasteiger partial charge in [-0.1, -0.05) is 24.3 Å². The van der Waals surface area contributed by atoms with Gasteiger partial charge in [-0.25, -0.2) is 0 Å². The van der Waals surface area contributed by atoms with Gasteiger partial charge in [0.05, 0.1) is 13.2 Å². The van der Waals surface area contributed by atoms with Crippen molar-refractivity contribution in [2.24, 2.45) is 0 Å². The Kier molecular flexibility index (Phi) is 3.82. The van der Waals surface area contributed by atoms with Gasteiger partial charge in [-0.3, -0.25) is 4.79 Å². The first-order valence-corrected chi connectivity index (χ1v) is 8.38. The third-order valence-corrected chi connectivity index (χ3v) is 4.91. The Morgan fingerprint density at radius 2 is 2.00 bits per heavy atom. The molecule has 1 unspecified atom stereocenters. The van der Waals surface area contributed by atoms with Crippen LogP contribution in [-0.2, 0) is 0 Å². The van der Waals surface area contributed by atoms with Crippen molar-refractivity contribution in [3.05, 3.63) is 60.3 Å². The minimum atomic E-state index is -1.17. The number of benzene rings is 2. The van der Waals surface area contributed by atoms with E-state index in [2.05, 4.69) is 17.1 Å². The lowest BCUT2D eigenvalue weighted by molar-refractivity contribution is -0.00455. The van der Waals surface area contributed by atoms with Crippen molar-refractivity contribution in [3.8, 4) is 11.1 Å². The van der Waals surface area contributed by atoms with Gasteiger partial charge in [0.25, 0.3) is 5.91 Å². The Bertz CT molecular complexity index is 933. The van der Waals surface area contributed by atoms with Gasteiger partial charge in [0.15, 0.2) is 0 Å². The van der Waals surface area contributed by atoms with Crippen molar-refractivity contribution in [2.45, 2.75) is 12.0 Å². The number of H-pyrrole nitrogens is 1. The van der Waals surface area contributed by atoms with E-state index in [0.29, 0.717) is 18.5 Å². The van der Waals surface area contributed by atoms with E-state index in [1.165, 1.54) is 0 Å². The number of aromatic nitrogens is 1. The molecule has 0 bridgehead atoms. The topological polar surface area (TPSA) is 76.6 Å². The highest BCUT2D eigenvalue weighted by Gasteiger charge is 2.37. The van der Waals surface area contributed by atoms with Crippen LogP contribution in [0.2, 0.25) is 0 Å². The molecule has 1 aromatic heterocycles. The Morgan fingerprint density at radius 1 is 1.16 bits per heavy atom. The number of β-amino-alcohol motifs (C(OH)–C–C–N with tert-alkyl or cyclic N) is 1. The molecule has 1 fully saturated rings. The Morgan fingerprint density at radius 3 is 2.80 bits per heavy atom. The first-order valence-electron chi connectivity index (χ1n) is 8.38. The molecule has 5 heteroatoms. The molecule has 3 N–H and O–H groups in total. The molecule has 0 aliphatic carbocycles. The standard InChI is InChI=1S/C20H20N2O3/c23-13-20(25)7-9-22(12-20)19(24)17-3-1-2-15(10-17)16-5-4-14-6-8-21-18(14)11-16/h1-6,8,10-11,21,23,25H,7,9,12-13H2. The molecular formula is C20H20N2O3. The molecule has 3 aromatic rings. The van der Waals surface area contributed by atoms with Gasteiger partial charge >= 0.3 is 0 Å². The van der Waals surface area contributed by atoms with E-state index in [1.54, 1.807) is 11.0 Å². The van der Waals surface area contributed by atoms with Crippen LogP contribution in [0.4, 0.5) is 0 Å². The van der Waals surface area contributed by atoms with Gasteiger partial charge in [0.1, 0.15) is 5.60 Å². The van der Waals surface area contributed by atoms with Gasteiger partial charge in [0, 0.05) is 23.8 Å². The zero-order valence-electron chi connectivity index (χ0n) is 13.8. The number of aromatic amines is 1. The van der Waals surface area contributed by atoms with Crippen LogP contribution >= 0.6 is 0 Å². The molecular weight excluding hydrogens is 316 g/mol. The maximum absolute atomic E-state index is 12.7. The molecule has 5 nitrogen and oxygen atoms in total. The van der Waals surface area contributed by atoms with Crippen LogP contribution in [0.1, 0.15) is 16.8 Å². The van der Waals surface area contributed by atoms with Crippen LogP contribution in [-0.4, -0.2) is 51.3 Å². The largest absolute Gasteiger partial charge is 0.393 e. The number of nitrogens with zero attached hydrogens (tertiary/aromatic N) is 1. The smallest absolute Gasteiger partial charge is 0.253 e. The fraction of sp³-hybridized carbons (Fsp3) is 0.250. The highest BCUT2D eigenvalue weighted by molar-refractivity contribution is 5.96. The van der Waals surface area contributed by atoms with Gasteiger partial charge in [0.2, 0.25) is 0 Å². The number of carbonyl (C=O) groups excluding carboxylic acids is 1. The zero-order chi connectivity index (χ0) is 17.4. The van der Waals surface area contributed by atoms with Crippen molar-refractivity contribution in [2.75, 3.05) is 19.7 Å². The van der Waals surface area contributed by atoms with E-state index in [1.807, 2.05) is 36.5 Å². The first kappa shape index (κ1) is 15.9. The lowest BCUT2D eigenvalue weighted by Crippen LogP contribution is -2.38. The lowest BCUT2D eigenvalue weighted by Gasteiger charge is -2.21. The second-order valence-electron chi connectivity index (χ2n) is 6.72. The molecule has 0 radical (unpaired) electrons. The zero-order valence-corrected chi connectivity index (χ0v) is 13.8. The Hall–Kier alpha value is -2.63. The Labute approximate surface area is 145 Å². The predicted octanol–water partition coefficient (Wildman–Crippen LogP) is 2.40. The van der Waals surface area contributed by atoms with Gasteiger partial charge in [-0.2, -0.15) is 0 Å². The highest BCUT2D eigenvalue weighted by Crippen LogP contribution is 2.27. The fourth-order valence-corrected chi connectivity index (χ4v) is 3.40. The van der Waals surface area contributed by atoms with E-state index >= 15 is 0 Å². The third-order valence-electron chi connectivity index (χ3n) is 4.91. The quantitative estimate of drug-likeness (QED) is 0.687. The second kappa shape index (κ2) is 6.02. The molecule has 1 atom stereocenters. The van der Waals surface area contributed by atoms with E-state index < -0.39 is 5.60 Å². The maximum atomic E-state index is 12.7. The SMILES string of the molecule is O=C(c1cccc(-c2ccc3cc[nH]c3c2)c1)N1CCC(O)(CO)C1. The molecule has 128 valence electrons. The van der Waals surface area contributed by atoms with Crippen molar-refractivity contribution < 1.29 is 15.0 Å². The fourth-order valence-electron chi connectivity index (χ4n) is 3.40. The summed E-state index contributed by atoms with van der Waals surface area (Å²) in [6.07, 6.45) is 2.31. The van der Waals surface area contributed by atoms with Crippen LogP contribution in [0.25, 0.3) is 22.0 Å². The first-order chi connectivity index (χ1) is 12.1. The monoisotopic (exact) mass is 336 g/mol. The van der Waals surface area contributed by atoms with Gasteiger partial charge < -0.3 is 20.1 Å². The summed E-state index contributed by atoms with van der Waals surface area (Å²) >= 11 is 0. The molecule has 4 rings (SSSR count). The van der Waals surface area contributed by atoms with Crippen LogP contribution < -0.4 is 0 Å². The van der Waals surface area contributed by atoms with Crippen LogP contribution in [0.15, 0.2) is 54.7 Å². The summed E-state index contributed by atoms with van der Waals surface area (Å²) < 4.78 is 0. The summed E-state index contributed by atoms with van der Waals surface area (Å²) in [5.74, 6) is -0.118. The van der Waals surface area contributed by atoms with Crippen LogP contribution in [0, 0.1) is 0 Å². The van der Waals surface area contributed by atoms with Crippen LogP contribution in [0.3, 0.4) is 0 Å². The lowest BCUT2D eigenvalue weighted by atomic mass is 10.0. The molecule has 1 saturated heterocycles. The van der Waals surface area contributed by atoms with Crippen molar-refractivity contribution in [1.29, 1.82) is 0 Å². The molecule has 1 amide bonds. The summed E-state index contributed by atoms with van der Waals surface area (Å²) in [4.78, 5) is 17.5. The number of hydrogen-bond donors (Lipinski definition) is 3. The van der Waals surface area contributed by atoms with Gasteiger partial charge in [-0.05, 0) is 47.2 Å².